The van der Waals surface area contributed by atoms with E-state index in [4.69, 9.17) is 11.6 Å². The largest absolute Gasteiger partial charge is 0.325 e. The minimum absolute atomic E-state index is 0.0244. The molecule has 0 aliphatic heterocycles. The summed E-state index contributed by atoms with van der Waals surface area (Å²) >= 11 is 7.48. The number of rotatable bonds is 4. The van der Waals surface area contributed by atoms with Gasteiger partial charge in [-0.15, -0.1) is 11.8 Å². The average Bonchev–Trinajstić information content (AvgIpc) is 2.42. The fraction of sp³-hybridized carbons (Fsp3) is 0.188. The van der Waals surface area contributed by atoms with Crippen molar-refractivity contribution in [1.82, 2.24) is 0 Å². The number of thioether (sulfide) groups is 1. The number of nitrogens with one attached hydrogen (secondary N) is 1. The molecule has 2 rings (SSSR count). The summed E-state index contributed by atoms with van der Waals surface area (Å²) in [5.74, 6) is 0.361. The van der Waals surface area contributed by atoms with Crippen LogP contribution in [0.1, 0.15) is 11.1 Å². The van der Waals surface area contributed by atoms with Gasteiger partial charge in [0.25, 0.3) is 0 Å². The minimum Gasteiger partial charge on any atom is -0.325 e. The quantitative estimate of drug-likeness (QED) is 0.830. The topological polar surface area (TPSA) is 29.1 Å². The molecule has 0 spiro atoms. The molecular formula is C16H16ClNOS. The fourth-order valence-electron chi connectivity index (χ4n) is 1.78. The van der Waals surface area contributed by atoms with Crippen molar-refractivity contribution in [3.8, 4) is 0 Å². The molecule has 0 fully saturated rings. The maximum atomic E-state index is 12.0. The van der Waals surface area contributed by atoms with Gasteiger partial charge >= 0.3 is 0 Å². The molecule has 104 valence electrons. The molecule has 4 heteroatoms. The minimum atomic E-state index is -0.0244. The first-order valence-corrected chi connectivity index (χ1v) is 7.67. The number of carbonyl (C=O) groups excluding carboxylic acids is 1. The van der Waals surface area contributed by atoms with Crippen molar-refractivity contribution in [2.45, 2.75) is 18.7 Å². The highest BCUT2D eigenvalue weighted by atomic mass is 35.5. The van der Waals surface area contributed by atoms with Crippen molar-refractivity contribution in [2.75, 3.05) is 11.1 Å². The smallest absolute Gasteiger partial charge is 0.234 e. The summed E-state index contributed by atoms with van der Waals surface area (Å²) in [6.45, 7) is 3.99. The van der Waals surface area contributed by atoms with E-state index < -0.39 is 0 Å². The van der Waals surface area contributed by atoms with Crippen LogP contribution in [0.3, 0.4) is 0 Å². The van der Waals surface area contributed by atoms with E-state index in [0.717, 1.165) is 16.1 Å². The number of carbonyl (C=O) groups is 1. The molecule has 0 aliphatic carbocycles. The highest BCUT2D eigenvalue weighted by molar-refractivity contribution is 8.00. The van der Waals surface area contributed by atoms with Gasteiger partial charge in [0.05, 0.1) is 5.75 Å². The number of hydrogen-bond donors (Lipinski definition) is 1. The van der Waals surface area contributed by atoms with Crippen LogP contribution < -0.4 is 5.32 Å². The van der Waals surface area contributed by atoms with Crippen LogP contribution in [-0.2, 0) is 4.79 Å². The Kier molecular flexibility index (Phi) is 5.10. The summed E-state index contributed by atoms with van der Waals surface area (Å²) in [4.78, 5) is 13.1. The van der Waals surface area contributed by atoms with Crippen molar-refractivity contribution >= 4 is 35.0 Å². The molecule has 0 unspecified atom stereocenters. The molecule has 1 N–H and O–H groups in total. The van der Waals surface area contributed by atoms with Crippen LogP contribution in [-0.4, -0.2) is 11.7 Å². The van der Waals surface area contributed by atoms with Gasteiger partial charge in [-0.25, -0.2) is 0 Å². The second-order valence-electron chi connectivity index (χ2n) is 4.56. The van der Waals surface area contributed by atoms with Crippen molar-refractivity contribution < 1.29 is 4.79 Å². The lowest BCUT2D eigenvalue weighted by molar-refractivity contribution is -0.113. The summed E-state index contributed by atoms with van der Waals surface area (Å²) < 4.78 is 0. The monoisotopic (exact) mass is 305 g/mol. The maximum Gasteiger partial charge on any atom is 0.234 e. The van der Waals surface area contributed by atoms with Crippen molar-refractivity contribution in [2.24, 2.45) is 0 Å². The number of halogens is 1. The van der Waals surface area contributed by atoms with Gasteiger partial charge in [0.1, 0.15) is 0 Å². The van der Waals surface area contributed by atoms with Gasteiger partial charge in [-0.1, -0.05) is 35.9 Å². The zero-order valence-electron chi connectivity index (χ0n) is 11.4. The van der Waals surface area contributed by atoms with E-state index in [1.54, 1.807) is 6.07 Å². The van der Waals surface area contributed by atoms with E-state index >= 15 is 0 Å². The van der Waals surface area contributed by atoms with E-state index in [1.807, 2.05) is 50.2 Å². The standard InChI is InChI=1S/C16H16ClNOS/c1-11-7-8-13(17)9-14(11)18-16(19)10-20-15-6-4-3-5-12(15)2/h3-9H,10H2,1-2H3,(H,18,19). The van der Waals surface area contributed by atoms with E-state index in [-0.39, 0.29) is 5.91 Å². The second kappa shape index (κ2) is 6.82. The number of hydrogen-bond acceptors (Lipinski definition) is 2. The Morgan fingerprint density at radius 2 is 1.90 bits per heavy atom. The molecule has 0 aliphatic rings. The Bertz CT molecular complexity index is 628. The molecule has 2 aromatic carbocycles. The van der Waals surface area contributed by atoms with Crippen LogP contribution in [0.15, 0.2) is 47.4 Å². The third-order valence-electron chi connectivity index (χ3n) is 2.93. The second-order valence-corrected chi connectivity index (χ2v) is 6.02. The normalized spacial score (nSPS) is 10.3. The van der Waals surface area contributed by atoms with E-state index in [1.165, 1.54) is 17.3 Å². The summed E-state index contributed by atoms with van der Waals surface area (Å²) in [6, 6.07) is 13.5. The van der Waals surface area contributed by atoms with Crippen LogP contribution in [0.4, 0.5) is 5.69 Å². The van der Waals surface area contributed by atoms with Crippen LogP contribution in [0.2, 0.25) is 5.02 Å². The first-order valence-electron chi connectivity index (χ1n) is 6.30. The van der Waals surface area contributed by atoms with Gasteiger partial charge in [-0.2, -0.15) is 0 Å². The zero-order valence-corrected chi connectivity index (χ0v) is 13.0. The fourth-order valence-corrected chi connectivity index (χ4v) is 2.78. The van der Waals surface area contributed by atoms with E-state index in [2.05, 4.69) is 5.32 Å². The molecule has 0 aromatic heterocycles. The van der Waals surface area contributed by atoms with Gasteiger partial charge in [-0.3, -0.25) is 4.79 Å². The van der Waals surface area contributed by atoms with Crippen LogP contribution in [0.5, 0.6) is 0 Å². The highest BCUT2D eigenvalue weighted by Crippen LogP contribution is 2.23. The summed E-state index contributed by atoms with van der Waals surface area (Å²) in [5.41, 5.74) is 2.96. The molecule has 0 saturated heterocycles. The number of benzene rings is 2. The Hall–Kier alpha value is -1.45. The predicted molar refractivity (Wildman–Crippen MR) is 86.7 cm³/mol. The summed E-state index contributed by atoms with van der Waals surface area (Å²) in [6.07, 6.45) is 0. The van der Waals surface area contributed by atoms with E-state index in [0.29, 0.717) is 10.8 Å². The summed E-state index contributed by atoms with van der Waals surface area (Å²) in [5, 5.41) is 3.52. The van der Waals surface area contributed by atoms with Crippen LogP contribution >= 0.6 is 23.4 Å². The van der Waals surface area contributed by atoms with Gasteiger partial charge in [0.2, 0.25) is 5.91 Å². The first-order chi connectivity index (χ1) is 9.56. The average molecular weight is 306 g/mol. The third-order valence-corrected chi connectivity index (χ3v) is 4.34. The number of aryl methyl sites for hydroxylation is 2. The van der Waals surface area contributed by atoms with Crippen molar-refractivity contribution in [3.05, 3.63) is 58.6 Å². The highest BCUT2D eigenvalue weighted by Gasteiger charge is 2.07. The predicted octanol–water partition coefficient (Wildman–Crippen LogP) is 4.69. The van der Waals surface area contributed by atoms with Crippen molar-refractivity contribution in [3.63, 3.8) is 0 Å². The Balaban J connectivity index is 1.96. The first kappa shape index (κ1) is 14.9. The molecule has 0 heterocycles. The van der Waals surface area contributed by atoms with Gasteiger partial charge in [0.15, 0.2) is 0 Å². The lowest BCUT2D eigenvalue weighted by atomic mass is 10.2. The maximum absolute atomic E-state index is 12.0. The lowest BCUT2D eigenvalue weighted by Crippen LogP contribution is -2.14. The third kappa shape index (κ3) is 4.02. The molecule has 0 atom stereocenters. The molecule has 2 aromatic rings. The zero-order chi connectivity index (χ0) is 14.5. The number of amides is 1. The van der Waals surface area contributed by atoms with Crippen molar-refractivity contribution in [1.29, 1.82) is 0 Å². The molecule has 0 bridgehead atoms. The van der Waals surface area contributed by atoms with Gasteiger partial charge < -0.3 is 5.32 Å². The Morgan fingerprint density at radius 3 is 2.65 bits per heavy atom. The Labute approximate surface area is 128 Å². The molecule has 2 nitrogen and oxygen atoms in total. The Morgan fingerprint density at radius 1 is 1.15 bits per heavy atom. The lowest BCUT2D eigenvalue weighted by Gasteiger charge is -2.09. The van der Waals surface area contributed by atoms with Gasteiger partial charge in [0, 0.05) is 15.6 Å². The van der Waals surface area contributed by atoms with E-state index in [9.17, 15) is 4.79 Å². The molecule has 0 radical (unpaired) electrons. The van der Waals surface area contributed by atoms with Crippen LogP contribution in [0, 0.1) is 13.8 Å². The molecule has 1 amide bonds. The van der Waals surface area contributed by atoms with Crippen LogP contribution in [0.25, 0.3) is 0 Å². The summed E-state index contributed by atoms with van der Waals surface area (Å²) in [7, 11) is 0. The SMILES string of the molecule is Cc1ccc(Cl)cc1NC(=O)CSc1ccccc1C. The molecule has 20 heavy (non-hydrogen) atoms. The molecule has 0 saturated carbocycles. The molecular weight excluding hydrogens is 290 g/mol. The van der Waals surface area contributed by atoms with Gasteiger partial charge in [-0.05, 0) is 43.2 Å². The number of anilines is 1.